The first kappa shape index (κ1) is 24.1. The number of benzene rings is 3. The van der Waals surface area contributed by atoms with E-state index in [-0.39, 0.29) is 22.5 Å². The molecule has 0 radical (unpaired) electrons. The Balaban J connectivity index is 1.26. The van der Waals surface area contributed by atoms with Gasteiger partial charge in [0.1, 0.15) is 0 Å². The molecule has 7 nitrogen and oxygen atoms in total. The lowest BCUT2D eigenvalue weighted by Crippen LogP contribution is -2.36. The molecule has 3 aromatic carbocycles. The summed E-state index contributed by atoms with van der Waals surface area (Å²) in [4.78, 5) is 25.2. The number of nitrogens with one attached hydrogen (secondary N) is 1. The van der Waals surface area contributed by atoms with Crippen molar-refractivity contribution in [2.24, 2.45) is 0 Å². The highest BCUT2D eigenvalue weighted by atomic mass is 32.2. The number of ether oxygens (including phenoxy) is 1. The van der Waals surface area contributed by atoms with Gasteiger partial charge < -0.3 is 10.1 Å². The summed E-state index contributed by atoms with van der Waals surface area (Å²) >= 11 is 0. The second kappa shape index (κ2) is 9.78. The summed E-state index contributed by atoms with van der Waals surface area (Å²) in [6.07, 6.45) is 3.41. The molecule has 0 saturated carbocycles. The molecule has 0 bridgehead atoms. The molecule has 0 spiro atoms. The number of carbonyl (C=O) groups excluding carboxylic acids is 2. The van der Waals surface area contributed by atoms with Crippen LogP contribution >= 0.6 is 0 Å². The topological polar surface area (TPSA) is 92.8 Å². The van der Waals surface area contributed by atoms with Crippen molar-refractivity contribution in [3.63, 3.8) is 0 Å². The molecule has 186 valence electrons. The Morgan fingerprint density at radius 3 is 2.58 bits per heavy atom. The van der Waals surface area contributed by atoms with Gasteiger partial charge in [-0.2, -0.15) is 0 Å². The van der Waals surface area contributed by atoms with Crippen LogP contribution in [0.2, 0.25) is 0 Å². The molecule has 0 fully saturated rings. The van der Waals surface area contributed by atoms with Gasteiger partial charge in [-0.3, -0.25) is 9.10 Å². The van der Waals surface area contributed by atoms with Crippen molar-refractivity contribution in [3.8, 4) is 0 Å². The zero-order chi connectivity index (χ0) is 25.3. The molecule has 1 N–H and O–H groups in total. The summed E-state index contributed by atoms with van der Waals surface area (Å²) in [6, 6.07) is 20.8. The van der Waals surface area contributed by atoms with Crippen molar-refractivity contribution in [2.75, 3.05) is 10.9 Å². The Morgan fingerprint density at radius 2 is 1.75 bits per heavy atom. The van der Waals surface area contributed by atoms with Crippen LogP contribution in [0.1, 0.15) is 52.9 Å². The Morgan fingerprint density at radius 1 is 1.00 bits per heavy atom. The van der Waals surface area contributed by atoms with Gasteiger partial charge in [0.2, 0.25) is 0 Å². The number of sulfonamides is 1. The predicted molar refractivity (Wildman–Crippen MR) is 136 cm³/mol. The van der Waals surface area contributed by atoms with Crippen LogP contribution < -0.4 is 9.62 Å². The summed E-state index contributed by atoms with van der Waals surface area (Å²) < 4.78 is 33.6. The minimum absolute atomic E-state index is 0.00349. The molecule has 1 heterocycles. The number of hydrogen-bond donors (Lipinski definition) is 1. The van der Waals surface area contributed by atoms with Gasteiger partial charge in [0.15, 0.2) is 6.61 Å². The fourth-order valence-electron chi connectivity index (χ4n) is 5.15. The van der Waals surface area contributed by atoms with Crippen molar-refractivity contribution in [2.45, 2.75) is 49.6 Å². The average Bonchev–Trinajstić information content (AvgIpc) is 3.24. The summed E-state index contributed by atoms with van der Waals surface area (Å²) in [5.41, 5.74) is 4.01. The molecule has 1 aliphatic carbocycles. The number of para-hydroxylation sites is 1. The van der Waals surface area contributed by atoms with Crippen LogP contribution in [-0.2, 0) is 32.4 Å². The number of fused-ring (bicyclic) bond motifs is 2. The van der Waals surface area contributed by atoms with E-state index < -0.39 is 28.5 Å². The van der Waals surface area contributed by atoms with Crippen LogP contribution in [0.5, 0.6) is 0 Å². The van der Waals surface area contributed by atoms with E-state index in [1.807, 2.05) is 43.3 Å². The van der Waals surface area contributed by atoms with E-state index in [0.717, 1.165) is 30.4 Å². The fraction of sp³-hybridized carbons (Fsp3) is 0.286. The Hall–Kier alpha value is -3.65. The highest BCUT2D eigenvalue weighted by molar-refractivity contribution is 7.92. The van der Waals surface area contributed by atoms with Gasteiger partial charge in [-0.15, -0.1) is 0 Å². The van der Waals surface area contributed by atoms with Gasteiger partial charge in [0.05, 0.1) is 22.2 Å². The Labute approximate surface area is 211 Å². The largest absolute Gasteiger partial charge is 0.452 e. The van der Waals surface area contributed by atoms with Crippen LogP contribution in [0.25, 0.3) is 0 Å². The van der Waals surface area contributed by atoms with Gasteiger partial charge in [0.25, 0.3) is 15.9 Å². The lowest BCUT2D eigenvalue weighted by molar-refractivity contribution is -0.125. The maximum Gasteiger partial charge on any atom is 0.338 e. The van der Waals surface area contributed by atoms with Crippen molar-refractivity contribution < 1.29 is 22.7 Å². The van der Waals surface area contributed by atoms with Gasteiger partial charge in [-0.1, -0.05) is 48.5 Å². The van der Waals surface area contributed by atoms with Gasteiger partial charge in [0, 0.05) is 6.04 Å². The highest BCUT2D eigenvalue weighted by Gasteiger charge is 2.36. The minimum Gasteiger partial charge on any atom is -0.452 e. The van der Waals surface area contributed by atoms with E-state index >= 15 is 0 Å². The Bertz CT molecular complexity index is 1420. The summed E-state index contributed by atoms with van der Waals surface area (Å²) in [7, 11) is -3.89. The molecule has 1 amide bonds. The summed E-state index contributed by atoms with van der Waals surface area (Å²) in [5, 5.41) is 2.95. The monoisotopic (exact) mass is 504 g/mol. The second-order valence-corrected chi connectivity index (χ2v) is 11.1. The average molecular weight is 505 g/mol. The fourth-order valence-corrected chi connectivity index (χ4v) is 6.89. The minimum atomic E-state index is -3.89. The molecule has 0 saturated heterocycles. The lowest BCUT2D eigenvalue weighted by Gasteiger charge is -2.26. The molecule has 2 unspecified atom stereocenters. The number of anilines is 1. The van der Waals surface area contributed by atoms with Gasteiger partial charge >= 0.3 is 5.97 Å². The SMILES string of the molecule is CC1Cc2ccccc2N1S(=O)(=O)c1cccc(C(=O)OCC(=O)NC2CCCc3ccccc32)c1. The molecule has 8 heteroatoms. The lowest BCUT2D eigenvalue weighted by atomic mass is 9.88. The Kier molecular flexibility index (Phi) is 6.53. The van der Waals surface area contributed by atoms with Crippen LogP contribution in [0, 0.1) is 0 Å². The molecule has 36 heavy (non-hydrogen) atoms. The number of aryl methyl sites for hydroxylation is 1. The van der Waals surface area contributed by atoms with Crippen molar-refractivity contribution >= 4 is 27.6 Å². The maximum absolute atomic E-state index is 13.5. The quantitative estimate of drug-likeness (QED) is 0.509. The number of hydrogen-bond acceptors (Lipinski definition) is 5. The predicted octanol–water partition coefficient (Wildman–Crippen LogP) is 4.18. The van der Waals surface area contributed by atoms with Crippen LogP contribution in [0.3, 0.4) is 0 Å². The molecular weight excluding hydrogens is 476 g/mol. The number of esters is 1. The highest BCUT2D eigenvalue weighted by Crippen LogP contribution is 2.36. The molecule has 3 aromatic rings. The van der Waals surface area contributed by atoms with E-state index in [1.54, 1.807) is 6.07 Å². The van der Waals surface area contributed by atoms with Gasteiger partial charge in [-0.05, 0) is 73.6 Å². The van der Waals surface area contributed by atoms with Crippen molar-refractivity contribution in [1.29, 1.82) is 0 Å². The van der Waals surface area contributed by atoms with Crippen molar-refractivity contribution in [1.82, 2.24) is 5.32 Å². The third-order valence-corrected chi connectivity index (χ3v) is 8.73. The molecule has 2 atom stereocenters. The van der Waals surface area contributed by atoms with Crippen LogP contribution in [0.15, 0.2) is 77.7 Å². The summed E-state index contributed by atoms with van der Waals surface area (Å²) in [5.74, 6) is -1.14. The zero-order valence-corrected chi connectivity index (χ0v) is 20.8. The van der Waals surface area contributed by atoms with E-state index in [9.17, 15) is 18.0 Å². The number of amides is 1. The van der Waals surface area contributed by atoms with E-state index in [1.165, 1.54) is 34.1 Å². The van der Waals surface area contributed by atoms with Crippen LogP contribution in [0.4, 0.5) is 5.69 Å². The number of nitrogens with zero attached hydrogens (tertiary/aromatic N) is 1. The maximum atomic E-state index is 13.5. The normalized spacial score (nSPS) is 18.8. The third-order valence-electron chi connectivity index (χ3n) is 6.81. The van der Waals surface area contributed by atoms with Gasteiger partial charge in [-0.25, -0.2) is 13.2 Å². The third kappa shape index (κ3) is 4.60. The molecular formula is C28H28N2O5S. The molecule has 0 aromatic heterocycles. The van der Waals surface area contributed by atoms with E-state index in [4.69, 9.17) is 4.74 Å². The summed E-state index contributed by atoms with van der Waals surface area (Å²) in [6.45, 7) is 1.42. The van der Waals surface area contributed by atoms with Crippen molar-refractivity contribution in [3.05, 3.63) is 95.1 Å². The smallest absolute Gasteiger partial charge is 0.338 e. The number of carbonyl (C=O) groups is 2. The first-order valence-electron chi connectivity index (χ1n) is 12.1. The molecule has 1 aliphatic heterocycles. The number of rotatable bonds is 6. The van der Waals surface area contributed by atoms with E-state index in [2.05, 4.69) is 11.4 Å². The van der Waals surface area contributed by atoms with Crippen LogP contribution in [-0.4, -0.2) is 32.9 Å². The molecule has 2 aliphatic rings. The molecule has 5 rings (SSSR count). The zero-order valence-electron chi connectivity index (χ0n) is 20.0. The standard InChI is InChI=1S/C28H28N2O5S/c1-19-16-21-9-3-5-15-26(21)30(19)36(33,34)23-12-6-11-22(17-23)28(32)35-18-27(31)29-25-14-7-10-20-8-2-4-13-24(20)25/h2-6,8-9,11-13,15,17,19,25H,7,10,14,16,18H2,1H3,(H,29,31). The first-order valence-corrected chi connectivity index (χ1v) is 13.6. The second-order valence-electron chi connectivity index (χ2n) is 9.30. The van der Waals surface area contributed by atoms with E-state index in [0.29, 0.717) is 12.1 Å². The first-order chi connectivity index (χ1) is 17.3.